The van der Waals surface area contributed by atoms with Crippen LogP contribution in [0, 0.1) is 5.82 Å². The summed E-state index contributed by atoms with van der Waals surface area (Å²) in [7, 11) is 0. The number of pyridine rings is 1. The molecule has 0 aliphatic heterocycles. The van der Waals surface area contributed by atoms with Crippen molar-refractivity contribution in [3.05, 3.63) is 66.0 Å². The number of fused-ring (bicyclic) bond motifs is 1. The van der Waals surface area contributed by atoms with Crippen LogP contribution < -0.4 is 0 Å². The number of hydrogen-bond donors (Lipinski definition) is 0. The average molecular weight is 471 g/mol. The number of nitrogens with zero attached hydrogens (tertiary/aromatic N) is 4. The Bertz CT molecular complexity index is 1280. The van der Waals surface area contributed by atoms with Gasteiger partial charge in [-0.05, 0) is 56.2 Å². The fourth-order valence-corrected chi connectivity index (χ4v) is 4.19. The zero-order chi connectivity index (χ0) is 23.5. The maximum atomic E-state index is 13.8. The molecule has 3 aromatic heterocycles. The van der Waals surface area contributed by atoms with Crippen LogP contribution in [0.15, 0.2) is 48.8 Å². The van der Waals surface area contributed by atoms with E-state index in [9.17, 15) is 13.1 Å². The van der Waals surface area contributed by atoms with Gasteiger partial charge in [0.15, 0.2) is 18.0 Å². The van der Waals surface area contributed by atoms with E-state index in [4.69, 9.17) is 4.74 Å². The van der Waals surface area contributed by atoms with Crippen LogP contribution in [0.5, 0.6) is 0 Å². The average Bonchev–Trinajstić information content (AvgIpc) is 3.47. The molecule has 0 unspecified atom stereocenters. The van der Waals surface area contributed by atoms with Gasteiger partial charge in [0.05, 0.1) is 18.5 Å². The Kier molecular flexibility index (Phi) is 6.78. The molecule has 0 amide bonds. The van der Waals surface area contributed by atoms with Crippen molar-refractivity contribution < 1.29 is 17.8 Å². The molecule has 0 atom stereocenters. The summed E-state index contributed by atoms with van der Waals surface area (Å²) in [6.45, 7) is 6.00. The van der Waals surface area contributed by atoms with Gasteiger partial charge in [-0.15, -0.1) is 3.89 Å². The molecule has 6 nitrogen and oxygen atoms in total. The van der Waals surface area contributed by atoms with Crippen LogP contribution in [0.25, 0.3) is 28.0 Å². The summed E-state index contributed by atoms with van der Waals surface area (Å²) in [6.07, 6.45) is 5.16. The normalized spacial score (nSPS) is 13.0. The standard InChI is InChI=1S/C22H18F2N4O2S.C2H6/c1-2-30-22(29)17-11-25-18-10-7-15(12-27(17)18)19-20(13-5-8-16(23)9-6-13)26-28(31-24)21(19)14-3-4-14;1-2/h5-12,14H,2-4H2,1H3;1-2H3. The lowest BCUT2D eigenvalue weighted by Gasteiger charge is -2.09. The van der Waals surface area contributed by atoms with E-state index in [2.05, 4.69) is 10.1 Å². The van der Waals surface area contributed by atoms with Gasteiger partial charge < -0.3 is 4.74 Å². The molecule has 0 spiro atoms. The molecule has 0 radical (unpaired) electrons. The smallest absolute Gasteiger partial charge is 0.356 e. The van der Waals surface area contributed by atoms with Crippen LogP contribution in [0.3, 0.4) is 0 Å². The van der Waals surface area contributed by atoms with Crippen molar-refractivity contribution in [3.8, 4) is 22.4 Å². The zero-order valence-electron chi connectivity index (χ0n) is 18.6. The Morgan fingerprint density at radius 3 is 2.48 bits per heavy atom. The largest absolute Gasteiger partial charge is 0.461 e. The Morgan fingerprint density at radius 2 is 1.85 bits per heavy atom. The highest BCUT2D eigenvalue weighted by Gasteiger charge is 2.34. The second-order valence-electron chi connectivity index (χ2n) is 7.34. The molecule has 9 heteroatoms. The Labute approximate surface area is 195 Å². The first kappa shape index (κ1) is 23.0. The first-order valence-electron chi connectivity index (χ1n) is 10.9. The number of halogens is 2. The highest BCUT2D eigenvalue weighted by Crippen LogP contribution is 2.48. The van der Waals surface area contributed by atoms with E-state index in [0.29, 0.717) is 22.6 Å². The van der Waals surface area contributed by atoms with Crippen LogP contribution in [0.4, 0.5) is 8.28 Å². The third-order valence-corrected chi connectivity index (χ3v) is 5.72. The summed E-state index contributed by atoms with van der Waals surface area (Å²) in [5.41, 5.74) is 4.45. The van der Waals surface area contributed by atoms with Crippen LogP contribution in [0.2, 0.25) is 0 Å². The van der Waals surface area contributed by atoms with Crippen molar-refractivity contribution in [1.29, 1.82) is 0 Å². The summed E-state index contributed by atoms with van der Waals surface area (Å²) in [5, 5.41) is 4.49. The zero-order valence-corrected chi connectivity index (χ0v) is 19.4. The Hall–Kier alpha value is -3.20. The van der Waals surface area contributed by atoms with Crippen molar-refractivity contribution in [2.75, 3.05) is 6.61 Å². The van der Waals surface area contributed by atoms with Gasteiger partial charge in [0, 0.05) is 28.8 Å². The summed E-state index contributed by atoms with van der Waals surface area (Å²) in [5.74, 6) is -0.628. The molecule has 1 aliphatic carbocycles. The number of ether oxygens (including phenoxy) is 1. The molecule has 1 aromatic carbocycles. The lowest BCUT2D eigenvalue weighted by atomic mass is 9.98. The highest BCUT2D eigenvalue weighted by molar-refractivity contribution is 7.92. The van der Waals surface area contributed by atoms with Crippen molar-refractivity contribution >= 4 is 24.0 Å². The first-order chi connectivity index (χ1) is 16.1. The molecular weight excluding hydrogens is 446 g/mol. The Balaban J connectivity index is 0.00000126. The van der Waals surface area contributed by atoms with E-state index in [1.807, 2.05) is 19.9 Å². The van der Waals surface area contributed by atoms with Gasteiger partial charge in [-0.1, -0.05) is 13.8 Å². The lowest BCUT2D eigenvalue weighted by molar-refractivity contribution is 0.0518. The molecule has 3 heterocycles. The van der Waals surface area contributed by atoms with Crippen LogP contribution in [0.1, 0.15) is 55.7 Å². The minimum absolute atomic E-state index is 0.0494. The SMILES string of the molecule is CC.CCOC(=O)c1cnc2ccc(-c3c(-c4ccc(F)cc4)nn(SF)c3C3CC3)cn12. The second kappa shape index (κ2) is 9.74. The van der Waals surface area contributed by atoms with Crippen LogP contribution >= 0.6 is 12.3 Å². The predicted octanol–water partition coefficient (Wildman–Crippen LogP) is 6.47. The van der Waals surface area contributed by atoms with E-state index in [1.165, 1.54) is 22.4 Å². The third-order valence-electron chi connectivity index (χ3n) is 5.32. The summed E-state index contributed by atoms with van der Waals surface area (Å²) >= 11 is 0.0494. The molecule has 0 saturated heterocycles. The first-order valence-corrected chi connectivity index (χ1v) is 11.6. The summed E-state index contributed by atoms with van der Waals surface area (Å²) in [6, 6.07) is 9.64. The maximum Gasteiger partial charge on any atom is 0.356 e. The van der Waals surface area contributed by atoms with E-state index >= 15 is 0 Å². The highest BCUT2D eigenvalue weighted by atomic mass is 32.2. The molecule has 4 aromatic rings. The summed E-state index contributed by atoms with van der Waals surface area (Å²) < 4.78 is 35.4. The number of rotatable bonds is 6. The molecule has 33 heavy (non-hydrogen) atoms. The molecule has 1 fully saturated rings. The third kappa shape index (κ3) is 4.37. The fourth-order valence-electron chi connectivity index (χ4n) is 3.76. The number of aromatic nitrogens is 4. The minimum atomic E-state index is -0.469. The molecule has 172 valence electrons. The number of carbonyl (C=O) groups is 1. The van der Waals surface area contributed by atoms with E-state index in [0.717, 1.165) is 29.7 Å². The molecule has 5 rings (SSSR count). The second-order valence-corrected chi connectivity index (χ2v) is 7.83. The van der Waals surface area contributed by atoms with Gasteiger partial charge >= 0.3 is 5.97 Å². The van der Waals surface area contributed by atoms with Gasteiger partial charge in [-0.2, -0.15) is 9.19 Å². The lowest BCUT2D eigenvalue weighted by Crippen LogP contribution is -2.08. The molecular formula is C24H24F2N4O2S. The van der Waals surface area contributed by atoms with Crippen molar-refractivity contribution in [3.63, 3.8) is 0 Å². The van der Waals surface area contributed by atoms with E-state index < -0.39 is 5.97 Å². The number of benzene rings is 1. The van der Waals surface area contributed by atoms with Gasteiger partial charge in [0.1, 0.15) is 17.2 Å². The van der Waals surface area contributed by atoms with E-state index in [-0.39, 0.29) is 30.7 Å². The molecule has 1 aliphatic rings. The van der Waals surface area contributed by atoms with Crippen LogP contribution in [-0.4, -0.2) is 31.1 Å². The maximum absolute atomic E-state index is 13.8. The van der Waals surface area contributed by atoms with Crippen LogP contribution in [-0.2, 0) is 4.74 Å². The number of hydrogen-bond acceptors (Lipinski definition) is 5. The van der Waals surface area contributed by atoms with Crippen molar-refractivity contribution in [2.24, 2.45) is 0 Å². The fraction of sp³-hybridized carbons (Fsp3) is 0.292. The predicted molar refractivity (Wildman–Crippen MR) is 125 cm³/mol. The molecule has 0 N–H and O–H groups in total. The number of esters is 1. The summed E-state index contributed by atoms with van der Waals surface area (Å²) in [4.78, 5) is 16.6. The Morgan fingerprint density at radius 1 is 1.15 bits per heavy atom. The minimum Gasteiger partial charge on any atom is -0.461 e. The van der Waals surface area contributed by atoms with Gasteiger partial charge in [-0.25, -0.2) is 14.2 Å². The number of carbonyl (C=O) groups excluding carboxylic acids is 1. The monoisotopic (exact) mass is 470 g/mol. The topological polar surface area (TPSA) is 61.4 Å². The molecule has 0 bridgehead atoms. The van der Waals surface area contributed by atoms with Gasteiger partial charge in [-0.3, -0.25) is 4.40 Å². The molecule has 1 saturated carbocycles. The quantitative estimate of drug-likeness (QED) is 0.303. The van der Waals surface area contributed by atoms with E-state index in [1.54, 1.807) is 35.7 Å². The van der Waals surface area contributed by atoms with Crippen molar-refractivity contribution in [1.82, 2.24) is 18.6 Å². The van der Waals surface area contributed by atoms with Gasteiger partial charge in [0.2, 0.25) is 0 Å². The number of imidazole rings is 1. The van der Waals surface area contributed by atoms with Gasteiger partial charge in [0.25, 0.3) is 0 Å². The van der Waals surface area contributed by atoms with Crippen molar-refractivity contribution in [2.45, 2.75) is 39.5 Å².